The van der Waals surface area contributed by atoms with Crippen molar-refractivity contribution in [3.8, 4) is 0 Å². The second-order valence-electron chi connectivity index (χ2n) is 5.81. The molecule has 0 aromatic rings. The first kappa shape index (κ1) is 19.5. The van der Waals surface area contributed by atoms with Gasteiger partial charge in [-0.2, -0.15) is 0 Å². The van der Waals surface area contributed by atoms with Crippen molar-refractivity contribution in [1.29, 1.82) is 0 Å². The number of rotatable bonds is 6. The van der Waals surface area contributed by atoms with Crippen LogP contribution in [0.4, 0.5) is 0 Å². The van der Waals surface area contributed by atoms with Gasteiger partial charge in [0, 0.05) is 26.2 Å². The molecule has 0 N–H and O–H groups in total. The molecular weight excluding hydrogens is 342 g/mol. The van der Waals surface area contributed by atoms with E-state index in [0.29, 0.717) is 26.2 Å². The first-order valence-electron chi connectivity index (χ1n) is 8.16. The van der Waals surface area contributed by atoms with Crippen molar-refractivity contribution in [3.63, 3.8) is 0 Å². The summed E-state index contributed by atoms with van der Waals surface area (Å²) in [5.74, 6) is 0. The van der Waals surface area contributed by atoms with Crippen LogP contribution in [0, 0.1) is 5.41 Å². The summed E-state index contributed by atoms with van der Waals surface area (Å²) < 4.78 is 51.1. The Hall–Kier alpha value is 0.220. The minimum Gasteiger partial charge on any atom is -0.296 e. The van der Waals surface area contributed by atoms with Crippen LogP contribution in [0.5, 0.6) is 0 Å². The smallest absolute Gasteiger partial charge is 0.296 e. The molecule has 0 radical (unpaired) electrons. The fraction of sp³-hybridized carbons (Fsp3) is 1.00. The van der Waals surface area contributed by atoms with Crippen molar-refractivity contribution < 1.29 is 27.2 Å². The van der Waals surface area contributed by atoms with Gasteiger partial charge >= 0.3 is 15.5 Å². The first-order valence-corrected chi connectivity index (χ1v) is 11.1. The highest BCUT2D eigenvalue weighted by molar-refractivity contribution is 7.51. The first-order chi connectivity index (χ1) is 10.9. The van der Waals surface area contributed by atoms with Crippen LogP contribution in [0.25, 0.3) is 0 Å². The van der Waals surface area contributed by atoms with Gasteiger partial charge in [-0.25, -0.2) is 18.5 Å². The topological polar surface area (TPSA) is 77.5 Å². The van der Waals surface area contributed by atoms with Gasteiger partial charge in [-0.3, -0.25) is 18.1 Å². The van der Waals surface area contributed by atoms with Crippen molar-refractivity contribution in [1.82, 2.24) is 9.34 Å². The maximum absolute atomic E-state index is 12.7. The van der Waals surface area contributed by atoms with Crippen molar-refractivity contribution in [2.75, 3.05) is 52.6 Å². The van der Waals surface area contributed by atoms with Gasteiger partial charge in [-0.1, -0.05) is 27.7 Å². The minimum atomic E-state index is -3.24. The Labute approximate surface area is 138 Å². The fourth-order valence-corrected chi connectivity index (χ4v) is 6.60. The number of nitrogens with zero attached hydrogens (tertiary/aromatic N) is 2. The highest BCUT2D eigenvalue weighted by Crippen LogP contribution is 2.61. The van der Waals surface area contributed by atoms with E-state index in [1.807, 2.05) is 27.7 Å². The lowest BCUT2D eigenvalue weighted by molar-refractivity contribution is -0.0820. The van der Waals surface area contributed by atoms with Crippen molar-refractivity contribution >= 4 is 15.5 Å². The van der Waals surface area contributed by atoms with E-state index in [1.165, 1.54) is 0 Å². The Bertz CT molecular complexity index is 423. The summed E-state index contributed by atoms with van der Waals surface area (Å²) in [5, 5.41) is 0. The van der Waals surface area contributed by atoms with Crippen LogP contribution in [0.1, 0.15) is 27.7 Å². The average molecular weight is 370 g/mol. The fourth-order valence-electron chi connectivity index (χ4n) is 2.67. The molecule has 8 nitrogen and oxygen atoms in total. The summed E-state index contributed by atoms with van der Waals surface area (Å²) in [4.78, 5) is 0. The third kappa shape index (κ3) is 3.91. The van der Waals surface area contributed by atoms with Crippen LogP contribution in [-0.4, -0.2) is 61.9 Å². The number of hydrogen-bond acceptors (Lipinski definition) is 6. The summed E-state index contributed by atoms with van der Waals surface area (Å²) in [5.41, 5.74) is -0.553. The molecule has 2 heterocycles. The lowest BCUT2D eigenvalue weighted by atomic mass is 9.93. The molecule has 2 aliphatic rings. The molecule has 0 saturated carbocycles. The Morgan fingerprint density at radius 2 is 0.957 bits per heavy atom. The van der Waals surface area contributed by atoms with E-state index in [2.05, 4.69) is 0 Å². The number of hydrogen-bond donors (Lipinski definition) is 0. The van der Waals surface area contributed by atoms with Gasteiger partial charge in [0.2, 0.25) is 0 Å². The normalized spacial score (nSPS) is 38.5. The summed E-state index contributed by atoms with van der Waals surface area (Å²) in [6.45, 7) is 10.8. The molecule has 0 aromatic heterocycles. The lowest BCUT2D eigenvalue weighted by Gasteiger charge is -2.45. The molecule has 2 fully saturated rings. The molecule has 0 atom stereocenters. The molecule has 0 bridgehead atoms. The Morgan fingerprint density at radius 3 is 1.17 bits per heavy atom. The third-order valence-electron chi connectivity index (χ3n) is 4.29. The van der Waals surface area contributed by atoms with Crippen LogP contribution < -0.4 is 0 Å². The Kier molecular flexibility index (Phi) is 6.48. The quantitative estimate of drug-likeness (QED) is 0.661. The van der Waals surface area contributed by atoms with Crippen molar-refractivity contribution in [2.45, 2.75) is 27.7 Å². The highest BCUT2D eigenvalue weighted by Gasteiger charge is 2.51. The van der Waals surface area contributed by atoms with E-state index in [1.54, 1.807) is 9.34 Å². The van der Waals surface area contributed by atoms with Crippen molar-refractivity contribution in [3.05, 3.63) is 0 Å². The minimum absolute atomic E-state index is 0.207. The lowest BCUT2D eigenvalue weighted by Crippen LogP contribution is -2.48. The monoisotopic (exact) mass is 370 g/mol. The largest absolute Gasteiger partial charge is 0.408 e. The van der Waals surface area contributed by atoms with E-state index in [4.69, 9.17) is 18.1 Å². The van der Waals surface area contributed by atoms with E-state index in [0.717, 1.165) is 0 Å². The van der Waals surface area contributed by atoms with E-state index in [9.17, 15) is 9.13 Å². The average Bonchev–Trinajstić information content (AvgIpc) is 2.56. The van der Waals surface area contributed by atoms with Gasteiger partial charge < -0.3 is 0 Å². The summed E-state index contributed by atoms with van der Waals surface area (Å²) in [6.07, 6.45) is 0. The van der Waals surface area contributed by atoms with Crippen LogP contribution in [0.2, 0.25) is 0 Å². The van der Waals surface area contributed by atoms with Crippen LogP contribution in [0.3, 0.4) is 0 Å². The maximum atomic E-state index is 12.7. The molecule has 10 heteroatoms. The molecule has 136 valence electrons. The zero-order valence-corrected chi connectivity index (χ0v) is 16.2. The van der Waals surface area contributed by atoms with Gasteiger partial charge in [0.1, 0.15) is 0 Å². The third-order valence-corrected chi connectivity index (χ3v) is 8.63. The molecule has 2 rings (SSSR count). The van der Waals surface area contributed by atoms with E-state index in [-0.39, 0.29) is 26.4 Å². The molecule has 23 heavy (non-hydrogen) atoms. The molecule has 0 unspecified atom stereocenters. The standard InChI is InChI=1S/C13H28N2O6P2/c1-5-14(6-2)22(16)18-9-13(10-19-22)11-20-23(17,21-12-13)15(7-3)8-4/h5-12H2,1-4H3. The molecule has 2 saturated heterocycles. The zero-order chi connectivity index (χ0) is 17.1. The molecule has 0 aromatic carbocycles. The predicted octanol–water partition coefficient (Wildman–Crippen LogP) is 2.97. The van der Waals surface area contributed by atoms with E-state index < -0.39 is 20.9 Å². The van der Waals surface area contributed by atoms with Gasteiger partial charge in [0.05, 0.1) is 31.8 Å². The second kappa shape index (κ2) is 7.63. The molecule has 2 aliphatic heterocycles. The second-order valence-corrected chi connectivity index (χ2v) is 9.85. The molecule has 1 spiro atoms. The van der Waals surface area contributed by atoms with Crippen LogP contribution in [0.15, 0.2) is 0 Å². The predicted molar refractivity (Wildman–Crippen MR) is 87.3 cm³/mol. The van der Waals surface area contributed by atoms with Gasteiger partial charge in [0.25, 0.3) is 0 Å². The van der Waals surface area contributed by atoms with Gasteiger partial charge in [0.15, 0.2) is 0 Å². The maximum Gasteiger partial charge on any atom is 0.408 e. The molecular formula is C13H28N2O6P2. The Morgan fingerprint density at radius 1 is 0.696 bits per heavy atom. The van der Waals surface area contributed by atoms with Crippen LogP contribution >= 0.6 is 15.5 Å². The summed E-state index contributed by atoms with van der Waals surface area (Å²) >= 11 is 0. The van der Waals surface area contributed by atoms with Gasteiger partial charge in [-0.05, 0) is 0 Å². The van der Waals surface area contributed by atoms with Gasteiger partial charge in [-0.15, -0.1) is 0 Å². The summed E-state index contributed by atoms with van der Waals surface area (Å²) in [6, 6.07) is 0. The molecule has 0 amide bonds. The summed E-state index contributed by atoms with van der Waals surface area (Å²) in [7, 11) is -6.47. The highest BCUT2D eigenvalue weighted by atomic mass is 31.2. The Balaban J connectivity index is 1.99. The van der Waals surface area contributed by atoms with Crippen molar-refractivity contribution in [2.24, 2.45) is 5.41 Å². The van der Waals surface area contributed by atoms with Crippen LogP contribution in [-0.2, 0) is 27.2 Å². The SMILES string of the molecule is CCN(CC)P1(=O)OCC2(CO1)COP(=O)(N(CC)CC)OC2. The van der Waals surface area contributed by atoms with E-state index >= 15 is 0 Å². The molecule has 0 aliphatic carbocycles. The zero-order valence-electron chi connectivity index (χ0n) is 14.4.